The predicted octanol–water partition coefficient (Wildman–Crippen LogP) is 4.60. The molecule has 1 amide bonds. The van der Waals surface area contributed by atoms with Crippen LogP contribution < -0.4 is 4.74 Å². The first-order valence-electron chi connectivity index (χ1n) is 11.3. The molecule has 6 nitrogen and oxygen atoms in total. The normalized spacial score (nSPS) is 16.2. The summed E-state index contributed by atoms with van der Waals surface area (Å²) in [6, 6.07) is 14.3. The SMILES string of the molecule is COc1cccc(Cc2cnc([C@@H]3CCCCN3C(=O)CN(C)Cc3ccccc3F)o2)c1. The van der Waals surface area contributed by atoms with Gasteiger partial charge in [-0.05, 0) is 50.1 Å². The van der Waals surface area contributed by atoms with Crippen LogP contribution in [0.5, 0.6) is 5.75 Å². The van der Waals surface area contributed by atoms with Crippen LogP contribution in [0, 0.1) is 5.82 Å². The molecule has 0 unspecified atom stereocenters. The Kier molecular flexibility index (Phi) is 7.40. The van der Waals surface area contributed by atoms with E-state index in [4.69, 9.17) is 9.15 Å². The molecule has 1 aliphatic heterocycles. The van der Waals surface area contributed by atoms with Gasteiger partial charge in [0.1, 0.15) is 23.4 Å². The molecule has 33 heavy (non-hydrogen) atoms. The summed E-state index contributed by atoms with van der Waals surface area (Å²) in [6.07, 6.45) is 5.15. The lowest BCUT2D eigenvalue weighted by atomic mass is 10.0. The number of rotatable bonds is 8. The van der Waals surface area contributed by atoms with E-state index in [2.05, 4.69) is 4.98 Å². The highest BCUT2D eigenvalue weighted by atomic mass is 19.1. The van der Waals surface area contributed by atoms with Crippen LogP contribution >= 0.6 is 0 Å². The van der Waals surface area contributed by atoms with E-state index < -0.39 is 0 Å². The molecule has 0 saturated carbocycles. The van der Waals surface area contributed by atoms with Crippen molar-refractivity contribution in [2.24, 2.45) is 0 Å². The summed E-state index contributed by atoms with van der Waals surface area (Å²) in [5, 5.41) is 0. The molecular formula is C26H30FN3O3. The fraction of sp³-hybridized carbons (Fsp3) is 0.385. The second-order valence-electron chi connectivity index (χ2n) is 8.56. The van der Waals surface area contributed by atoms with Gasteiger partial charge in [-0.3, -0.25) is 9.69 Å². The molecule has 1 atom stereocenters. The number of hydrogen-bond acceptors (Lipinski definition) is 5. The van der Waals surface area contributed by atoms with Crippen LogP contribution in [-0.2, 0) is 17.8 Å². The Bertz CT molecular complexity index is 1080. The Labute approximate surface area is 194 Å². The van der Waals surface area contributed by atoms with Gasteiger partial charge in [-0.1, -0.05) is 30.3 Å². The fourth-order valence-electron chi connectivity index (χ4n) is 4.32. The molecule has 4 rings (SSSR count). The number of hydrogen-bond donors (Lipinski definition) is 0. The molecule has 2 aromatic carbocycles. The molecule has 0 aliphatic carbocycles. The molecular weight excluding hydrogens is 421 g/mol. The van der Waals surface area contributed by atoms with E-state index in [0.29, 0.717) is 31.0 Å². The molecule has 1 fully saturated rings. The number of likely N-dealkylation sites (tertiary alicyclic amines) is 1. The highest BCUT2D eigenvalue weighted by Gasteiger charge is 2.31. The molecule has 3 aromatic rings. The molecule has 0 bridgehead atoms. The Morgan fingerprint density at radius 1 is 1.24 bits per heavy atom. The van der Waals surface area contributed by atoms with Gasteiger partial charge in [-0.25, -0.2) is 9.37 Å². The zero-order valence-electron chi connectivity index (χ0n) is 19.2. The third-order valence-electron chi connectivity index (χ3n) is 6.00. The summed E-state index contributed by atoms with van der Waals surface area (Å²) in [5.41, 5.74) is 1.65. The maximum absolute atomic E-state index is 14.0. The average Bonchev–Trinajstić information content (AvgIpc) is 3.29. The van der Waals surface area contributed by atoms with Gasteiger partial charge >= 0.3 is 0 Å². The zero-order valence-corrected chi connectivity index (χ0v) is 19.2. The van der Waals surface area contributed by atoms with E-state index in [0.717, 1.165) is 36.3 Å². The summed E-state index contributed by atoms with van der Waals surface area (Å²) >= 11 is 0. The Balaban J connectivity index is 1.41. The minimum atomic E-state index is -0.254. The highest BCUT2D eigenvalue weighted by Crippen LogP contribution is 2.31. The van der Waals surface area contributed by atoms with Crippen molar-refractivity contribution in [3.05, 3.63) is 83.3 Å². The molecule has 0 N–H and O–H groups in total. The molecule has 1 saturated heterocycles. The minimum absolute atomic E-state index is 0.00563. The fourth-order valence-corrected chi connectivity index (χ4v) is 4.32. The van der Waals surface area contributed by atoms with E-state index in [1.165, 1.54) is 6.07 Å². The van der Waals surface area contributed by atoms with E-state index in [-0.39, 0.29) is 24.3 Å². The average molecular weight is 452 g/mol. The van der Waals surface area contributed by atoms with Gasteiger partial charge in [-0.2, -0.15) is 0 Å². The number of ether oxygens (including phenoxy) is 1. The molecule has 7 heteroatoms. The number of aromatic nitrogens is 1. The van der Waals surface area contributed by atoms with E-state index in [9.17, 15) is 9.18 Å². The number of piperidine rings is 1. The van der Waals surface area contributed by atoms with Crippen LogP contribution in [0.1, 0.15) is 48.1 Å². The Hall–Kier alpha value is -3.19. The van der Waals surface area contributed by atoms with Crippen LogP contribution in [0.4, 0.5) is 4.39 Å². The van der Waals surface area contributed by atoms with E-state index in [1.54, 1.807) is 31.5 Å². The van der Waals surface area contributed by atoms with Gasteiger partial charge in [-0.15, -0.1) is 0 Å². The maximum Gasteiger partial charge on any atom is 0.237 e. The number of carbonyl (C=O) groups excluding carboxylic acids is 1. The number of oxazole rings is 1. The number of amides is 1. The standard InChI is InChI=1S/C26H30FN3O3/c1-29(17-20-9-3-4-11-23(20)27)18-25(31)30-13-6-5-12-24(30)26-28-16-22(33-26)15-19-8-7-10-21(14-19)32-2/h3-4,7-11,14,16,24H,5-6,12-13,15,17-18H2,1-2H3/t24-/m0/s1. The van der Waals surface area contributed by atoms with Gasteiger partial charge in [0, 0.05) is 25.1 Å². The van der Waals surface area contributed by atoms with Gasteiger partial charge in [0.15, 0.2) is 0 Å². The second-order valence-corrected chi connectivity index (χ2v) is 8.56. The van der Waals surface area contributed by atoms with Gasteiger partial charge < -0.3 is 14.1 Å². The lowest BCUT2D eigenvalue weighted by Crippen LogP contribution is -2.43. The highest BCUT2D eigenvalue weighted by molar-refractivity contribution is 5.78. The first-order valence-corrected chi connectivity index (χ1v) is 11.3. The molecule has 0 radical (unpaired) electrons. The summed E-state index contributed by atoms with van der Waals surface area (Å²) in [7, 11) is 3.48. The van der Waals surface area contributed by atoms with Crippen molar-refractivity contribution in [3.63, 3.8) is 0 Å². The second kappa shape index (κ2) is 10.6. The quantitative estimate of drug-likeness (QED) is 0.501. The van der Waals surface area contributed by atoms with Crippen LogP contribution in [0.2, 0.25) is 0 Å². The van der Waals surface area contributed by atoms with Crippen molar-refractivity contribution in [1.82, 2.24) is 14.8 Å². The Morgan fingerprint density at radius 3 is 2.91 bits per heavy atom. The lowest BCUT2D eigenvalue weighted by molar-refractivity contribution is -0.136. The zero-order chi connectivity index (χ0) is 23.2. The largest absolute Gasteiger partial charge is 0.497 e. The lowest BCUT2D eigenvalue weighted by Gasteiger charge is -2.35. The number of halogens is 1. The number of benzene rings is 2. The van der Waals surface area contributed by atoms with Crippen molar-refractivity contribution in [2.75, 3.05) is 27.2 Å². The van der Waals surface area contributed by atoms with Crippen molar-refractivity contribution in [1.29, 1.82) is 0 Å². The summed E-state index contributed by atoms with van der Waals surface area (Å²) in [5.74, 6) is 1.89. The third kappa shape index (κ3) is 5.79. The van der Waals surface area contributed by atoms with Crippen LogP contribution in [-0.4, -0.2) is 47.9 Å². The van der Waals surface area contributed by atoms with Crippen molar-refractivity contribution in [3.8, 4) is 5.75 Å². The first-order chi connectivity index (χ1) is 16.0. The predicted molar refractivity (Wildman–Crippen MR) is 123 cm³/mol. The number of nitrogens with zero attached hydrogens (tertiary/aromatic N) is 3. The Morgan fingerprint density at radius 2 is 2.09 bits per heavy atom. The smallest absolute Gasteiger partial charge is 0.237 e. The van der Waals surface area contributed by atoms with Crippen molar-refractivity contribution < 1.29 is 18.3 Å². The van der Waals surface area contributed by atoms with Gasteiger partial charge in [0.2, 0.25) is 11.8 Å². The summed E-state index contributed by atoms with van der Waals surface area (Å²) in [4.78, 5) is 21.4. The minimum Gasteiger partial charge on any atom is -0.497 e. The molecule has 1 aliphatic rings. The van der Waals surface area contributed by atoms with Crippen LogP contribution in [0.25, 0.3) is 0 Å². The number of likely N-dealkylation sites (N-methyl/N-ethyl adjacent to an activating group) is 1. The van der Waals surface area contributed by atoms with E-state index >= 15 is 0 Å². The molecule has 2 heterocycles. The summed E-state index contributed by atoms with van der Waals surface area (Å²) < 4.78 is 25.4. The van der Waals surface area contributed by atoms with Crippen LogP contribution in [0.3, 0.4) is 0 Å². The number of methoxy groups -OCH3 is 1. The van der Waals surface area contributed by atoms with Crippen molar-refractivity contribution in [2.45, 2.75) is 38.3 Å². The molecule has 0 spiro atoms. The number of carbonyl (C=O) groups is 1. The first kappa shape index (κ1) is 23.0. The monoisotopic (exact) mass is 451 g/mol. The van der Waals surface area contributed by atoms with Gasteiger partial charge in [0.25, 0.3) is 0 Å². The third-order valence-corrected chi connectivity index (χ3v) is 6.00. The van der Waals surface area contributed by atoms with Gasteiger partial charge in [0.05, 0.1) is 19.9 Å². The summed E-state index contributed by atoms with van der Waals surface area (Å²) in [6.45, 7) is 1.26. The molecule has 1 aromatic heterocycles. The van der Waals surface area contributed by atoms with Crippen molar-refractivity contribution >= 4 is 5.91 Å². The topological polar surface area (TPSA) is 58.8 Å². The molecule has 174 valence electrons. The van der Waals surface area contributed by atoms with E-state index in [1.807, 2.05) is 41.1 Å². The maximum atomic E-state index is 14.0. The van der Waals surface area contributed by atoms with Crippen LogP contribution in [0.15, 0.2) is 59.1 Å².